The van der Waals surface area contributed by atoms with Crippen LogP contribution in [0.1, 0.15) is 51.6 Å². The molecule has 0 saturated heterocycles. The van der Waals surface area contributed by atoms with Crippen LogP contribution in [0.15, 0.2) is 17.1 Å². The minimum atomic E-state index is -0.0418. The van der Waals surface area contributed by atoms with Crippen molar-refractivity contribution in [2.24, 2.45) is 0 Å². The third-order valence-corrected chi connectivity index (χ3v) is 3.47. The SMILES string of the molecule is CCCc1cnc2[nH]c(=O)n(C(CC)CC)c2c1. The summed E-state index contributed by atoms with van der Waals surface area (Å²) in [4.78, 5) is 19.2. The predicted molar refractivity (Wildman–Crippen MR) is 74.0 cm³/mol. The molecule has 0 saturated carbocycles. The van der Waals surface area contributed by atoms with Gasteiger partial charge in [-0.3, -0.25) is 9.55 Å². The molecule has 0 atom stereocenters. The van der Waals surface area contributed by atoms with Crippen LogP contribution in [0.5, 0.6) is 0 Å². The summed E-state index contributed by atoms with van der Waals surface area (Å²) in [6.07, 6.45) is 5.87. The van der Waals surface area contributed by atoms with Gasteiger partial charge in [0.15, 0.2) is 5.65 Å². The number of aromatic amines is 1. The van der Waals surface area contributed by atoms with Gasteiger partial charge in [0, 0.05) is 12.2 Å². The molecule has 0 spiro atoms. The molecule has 2 aromatic heterocycles. The molecule has 0 aromatic carbocycles. The molecule has 0 radical (unpaired) electrons. The Hall–Kier alpha value is -1.58. The maximum atomic E-state index is 12.0. The third-order valence-electron chi connectivity index (χ3n) is 3.47. The highest BCUT2D eigenvalue weighted by molar-refractivity contribution is 5.71. The van der Waals surface area contributed by atoms with Crippen molar-refractivity contribution < 1.29 is 0 Å². The minimum Gasteiger partial charge on any atom is -0.290 e. The number of rotatable bonds is 5. The number of hydrogen-bond donors (Lipinski definition) is 1. The van der Waals surface area contributed by atoms with E-state index in [2.05, 4.69) is 36.8 Å². The van der Waals surface area contributed by atoms with Crippen molar-refractivity contribution in [1.82, 2.24) is 14.5 Å². The number of aryl methyl sites for hydroxylation is 1. The van der Waals surface area contributed by atoms with E-state index in [4.69, 9.17) is 0 Å². The Morgan fingerprint density at radius 1 is 1.33 bits per heavy atom. The molecular formula is C14H21N3O. The van der Waals surface area contributed by atoms with Gasteiger partial charge < -0.3 is 0 Å². The van der Waals surface area contributed by atoms with E-state index in [-0.39, 0.29) is 11.7 Å². The number of nitrogens with zero attached hydrogens (tertiary/aromatic N) is 2. The van der Waals surface area contributed by atoms with Gasteiger partial charge in [-0.1, -0.05) is 27.2 Å². The van der Waals surface area contributed by atoms with Crippen LogP contribution in [0.4, 0.5) is 0 Å². The molecule has 2 heterocycles. The summed E-state index contributed by atoms with van der Waals surface area (Å²) in [5.74, 6) is 0. The summed E-state index contributed by atoms with van der Waals surface area (Å²) in [5, 5.41) is 0. The molecule has 4 heteroatoms. The molecule has 2 aromatic rings. The summed E-state index contributed by atoms with van der Waals surface area (Å²) in [5.41, 5.74) is 2.80. The molecular weight excluding hydrogens is 226 g/mol. The van der Waals surface area contributed by atoms with Gasteiger partial charge in [-0.2, -0.15) is 0 Å². The van der Waals surface area contributed by atoms with E-state index in [1.807, 2.05) is 10.8 Å². The van der Waals surface area contributed by atoms with E-state index in [9.17, 15) is 4.79 Å². The van der Waals surface area contributed by atoms with Gasteiger partial charge in [0.1, 0.15) is 0 Å². The Kier molecular flexibility index (Phi) is 3.84. The molecule has 18 heavy (non-hydrogen) atoms. The van der Waals surface area contributed by atoms with Crippen LogP contribution in [-0.2, 0) is 6.42 Å². The summed E-state index contributed by atoms with van der Waals surface area (Å²) in [6.45, 7) is 6.38. The number of nitrogens with one attached hydrogen (secondary N) is 1. The highest BCUT2D eigenvalue weighted by atomic mass is 16.1. The van der Waals surface area contributed by atoms with E-state index in [0.717, 1.165) is 31.2 Å². The molecule has 0 bridgehead atoms. The van der Waals surface area contributed by atoms with E-state index in [0.29, 0.717) is 5.65 Å². The second kappa shape index (κ2) is 5.38. The predicted octanol–water partition coefficient (Wildman–Crippen LogP) is 3.04. The van der Waals surface area contributed by atoms with Crippen molar-refractivity contribution in [3.05, 3.63) is 28.3 Å². The quantitative estimate of drug-likeness (QED) is 0.882. The summed E-state index contributed by atoms with van der Waals surface area (Å²) in [6, 6.07) is 2.35. The molecule has 4 nitrogen and oxygen atoms in total. The van der Waals surface area contributed by atoms with Gasteiger partial charge in [-0.25, -0.2) is 9.78 Å². The van der Waals surface area contributed by atoms with Crippen LogP contribution in [0.25, 0.3) is 11.2 Å². The Bertz CT molecular complexity index is 578. The van der Waals surface area contributed by atoms with Crippen LogP contribution in [0.3, 0.4) is 0 Å². The number of pyridine rings is 1. The number of fused-ring (bicyclic) bond motifs is 1. The van der Waals surface area contributed by atoms with Crippen molar-refractivity contribution in [3.63, 3.8) is 0 Å². The van der Waals surface area contributed by atoms with Crippen LogP contribution >= 0.6 is 0 Å². The summed E-state index contributed by atoms with van der Waals surface area (Å²) >= 11 is 0. The van der Waals surface area contributed by atoms with Gasteiger partial charge in [-0.05, 0) is 30.9 Å². The zero-order valence-electron chi connectivity index (χ0n) is 11.4. The third kappa shape index (κ3) is 2.19. The lowest BCUT2D eigenvalue weighted by atomic mass is 10.1. The second-order valence-electron chi connectivity index (χ2n) is 4.73. The Morgan fingerprint density at radius 3 is 2.67 bits per heavy atom. The van der Waals surface area contributed by atoms with Crippen LogP contribution in [0, 0.1) is 0 Å². The van der Waals surface area contributed by atoms with E-state index < -0.39 is 0 Å². The van der Waals surface area contributed by atoms with Crippen LogP contribution in [-0.4, -0.2) is 14.5 Å². The second-order valence-corrected chi connectivity index (χ2v) is 4.73. The molecule has 0 fully saturated rings. The first-order chi connectivity index (χ1) is 8.71. The summed E-state index contributed by atoms with van der Waals surface area (Å²) in [7, 11) is 0. The first-order valence-electron chi connectivity index (χ1n) is 6.80. The lowest BCUT2D eigenvalue weighted by Crippen LogP contribution is -2.21. The molecule has 1 N–H and O–H groups in total. The zero-order valence-corrected chi connectivity index (χ0v) is 11.4. The molecule has 0 amide bonds. The fourth-order valence-corrected chi connectivity index (χ4v) is 2.49. The zero-order chi connectivity index (χ0) is 13.1. The van der Waals surface area contributed by atoms with E-state index in [1.165, 1.54) is 5.56 Å². The van der Waals surface area contributed by atoms with Gasteiger partial charge in [0.2, 0.25) is 0 Å². The molecule has 2 rings (SSSR count). The summed E-state index contributed by atoms with van der Waals surface area (Å²) < 4.78 is 1.86. The topological polar surface area (TPSA) is 50.7 Å². The van der Waals surface area contributed by atoms with E-state index >= 15 is 0 Å². The first kappa shape index (κ1) is 12.9. The Morgan fingerprint density at radius 2 is 2.06 bits per heavy atom. The monoisotopic (exact) mass is 247 g/mol. The highest BCUT2D eigenvalue weighted by Gasteiger charge is 2.14. The molecule has 0 unspecified atom stereocenters. The maximum Gasteiger partial charge on any atom is 0.327 e. The number of hydrogen-bond acceptors (Lipinski definition) is 2. The normalized spacial score (nSPS) is 11.6. The Labute approximate surface area is 107 Å². The van der Waals surface area contributed by atoms with Gasteiger partial charge in [0.05, 0.1) is 5.52 Å². The molecule has 0 aliphatic carbocycles. The highest BCUT2D eigenvalue weighted by Crippen LogP contribution is 2.20. The molecule has 0 aliphatic heterocycles. The number of imidazole rings is 1. The number of H-pyrrole nitrogens is 1. The smallest absolute Gasteiger partial charge is 0.290 e. The number of aromatic nitrogens is 3. The van der Waals surface area contributed by atoms with Crippen molar-refractivity contribution in [2.75, 3.05) is 0 Å². The fraction of sp³-hybridized carbons (Fsp3) is 0.571. The lowest BCUT2D eigenvalue weighted by molar-refractivity contribution is 0.471. The van der Waals surface area contributed by atoms with Crippen LogP contribution in [0.2, 0.25) is 0 Å². The lowest BCUT2D eigenvalue weighted by Gasteiger charge is -2.14. The molecule has 98 valence electrons. The van der Waals surface area contributed by atoms with Crippen molar-refractivity contribution in [1.29, 1.82) is 0 Å². The standard InChI is InChI=1S/C14H21N3O/c1-4-7-10-8-12-13(15-9-10)16-14(18)17(12)11(5-2)6-3/h8-9,11H,4-7H2,1-3H3,(H,15,16,18). The molecule has 0 aliphatic rings. The average Bonchev–Trinajstić information content (AvgIpc) is 2.68. The van der Waals surface area contributed by atoms with Gasteiger partial charge in [-0.15, -0.1) is 0 Å². The maximum absolute atomic E-state index is 12.0. The van der Waals surface area contributed by atoms with E-state index in [1.54, 1.807) is 0 Å². The average molecular weight is 247 g/mol. The minimum absolute atomic E-state index is 0.0418. The fourth-order valence-electron chi connectivity index (χ4n) is 2.49. The first-order valence-corrected chi connectivity index (χ1v) is 6.80. The van der Waals surface area contributed by atoms with Gasteiger partial charge in [0.25, 0.3) is 0 Å². The van der Waals surface area contributed by atoms with Crippen molar-refractivity contribution in [3.8, 4) is 0 Å². The van der Waals surface area contributed by atoms with Gasteiger partial charge >= 0.3 is 5.69 Å². The van der Waals surface area contributed by atoms with Crippen LogP contribution < -0.4 is 5.69 Å². The van der Waals surface area contributed by atoms with Crippen molar-refractivity contribution >= 4 is 11.2 Å². The van der Waals surface area contributed by atoms with Crippen molar-refractivity contribution in [2.45, 2.75) is 52.5 Å². The Balaban J connectivity index is 2.59. The largest absolute Gasteiger partial charge is 0.327 e.